The highest BCUT2D eigenvalue weighted by molar-refractivity contribution is 5.97. The van der Waals surface area contributed by atoms with Crippen LogP contribution in [0.4, 0.5) is 8.78 Å². The third-order valence-corrected chi connectivity index (χ3v) is 3.43. The number of hydrogen-bond acceptors (Lipinski definition) is 5. The van der Waals surface area contributed by atoms with E-state index in [0.717, 1.165) is 0 Å². The van der Waals surface area contributed by atoms with E-state index < -0.39 is 12.6 Å². The molecule has 2 rings (SSSR count). The van der Waals surface area contributed by atoms with Gasteiger partial charge in [0, 0.05) is 18.8 Å². The fourth-order valence-electron chi connectivity index (χ4n) is 2.18. The number of ether oxygens (including phenoxy) is 3. The van der Waals surface area contributed by atoms with E-state index in [2.05, 4.69) is 4.74 Å². The number of halogens is 2. The van der Waals surface area contributed by atoms with Crippen molar-refractivity contribution in [1.82, 2.24) is 4.57 Å². The van der Waals surface area contributed by atoms with Crippen molar-refractivity contribution in [2.45, 2.75) is 20.1 Å². The monoisotopic (exact) mass is 353 g/mol. The smallest absolute Gasteiger partial charge is 0.387 e. The second-order valence-electron chi connectivity index (χ2n) is 5.22. The first kappa shape index (κ1) is 18.4. The number of hydrogen-bond donors (Lipinski definition) is 0. The Hall–Kier alpha value is -2.90. The van der Waals surface area contributed by atoms with Crippen molar-refractivity contribution in [3.63, 3.8) is 0 Å². The van der Waals surface area contributed by atoms with Gasteiger partial charge in [-0.2, -0.15) is 8.78 Å². The predicted octanol–water partition coefficient (Wildman–Crippen LogP) is 3.19. The summed E-state index contributed by atoms with van der Waals surface area (Å²) in [4.78, 5) is 23.5. The number of alkyl halides is 2. The fourth-order valence-corrected chi connectivity index (χ4v) is 2.18. The first-order valence-electron chi connectivity index (χ1n) is 7.28. The lowest BCUT2D eigenvalue weighted by Crippen LogP contribution is -2.10. The highest BCUT2D eigenvalue weighted by atomic mass is 19.3. The molecule has 0 atom stereocenters. The molecule has 134 valence electrons. The SMILES string of the molecule is COc1cc(COC(=O)c2cc(C(C)=O)cn2C)ccc1OC(F)F. The number of aryl methyl sites for hydroxylation is 1. The summed E-state index contributed by atoms with van der Waals surface area (Å²) < 4.78 is 40.6. The Morgan fingerprint density at radius 2 is 1.92 bits per heavy atom. The van der Waals surface area contributed by atoms with Crippen molar-refractivity contribution in [3.05, 3.63) is 47.3 Å². The highest BCUT2D eigenvalue weighted by Crippen LogP contribution is 2.29. The van der Waals surface area contributed by atoms with E-state index in [1.807, 2.05) is 0 Å². The minimum absolute atomic E-state index is 0.0925. The summed E-state index contributed by atoms with van der Waals surface area (Å²) >= 11 is 0. The van der Waals surface area contributed by atoms with E-state index in [-0.39, 0.29) is 29.6 Å². The zero-order valence-corrected chi connectivity index (χ0v) is 13.9. The van der Waals surface area contributed by atoms with E-state index >= 15 is 0 Å². The number of methoxy groups -OCH3 is 1. The van der Waals surface area contributed by atoms with Crippen molar-refractivity contribution in [2.75, 3.05) is 7.11 Å². The van der Waals surface area contributed by atoms with Crippen LogP contribution in [0.2, 0.25) is 0 Å². The summed E-state index contributed by atoms with van der Waals surface area (Å²) in [6.45, 7) is -1.66. The summed E-state index contributed by atoms with van der Waals surface area (Å²) in [5, 5.41) is 0. The minimum atomic E-state index is -2.97. The summed E-state index contributed by atoms with van der Waals surface area (Å²) in [5.74, 6) is -0.774. The molecule has 0 spiro atoms. The molecular weight excluding hydrogens is 336 g/mol. The fraction of sp³-hybridized carbons (Fsp3) is 0.294. The molecule has 0 radical (unpaired) electrons. The van der Waals surface area contributed by atoms with Gasteiger partial charge in [0.15, 0.2) is 17.3 Å². The summed E-state index contributed by atoms with van der Waals surface area (Å²) in [6, 6.07) is 5.69. The Labute approximate surface area is 142 Å². The summed E-state index contributed by atoms with van der Waals surface area (Å²) in [5.41, 5.74) is 1.17. The van der Waals surface area contributed by atoms with Gasteiger partial charge in [0.25, 0.3) is 0 Å². The molecule has 6 nitrogen and oxygen atoms in total. The predicted molar refractivity (Wildman–Crippen MR) is 84.2 cm³/mol. The number of Topliss-reactive ketones (excluding diaryl/α,β-unsaturated/α-hetero) is 1. The number of nitrogens with zero attached hydrogens (tertiary/aromatic N) is 1. The molecule has 0 amide bonds. The van der Waals surface area contributed by atoms with Crippen molar-refractivity contribution >= 4 is 11.8 Å². The average Bonchev–Trinajstić information content (AvgIpc) is 2.95. The zero-order chi connectivity index (χ0) is 18.6. The molecule has 0 aliphatic rings. The van der Waals surface area contributed by atoms with E-state index in [1.54, 1.807) is 13.2 Å². The second-order valence-corrected chi connectivity index (χ2v) is 5.22. The molecule has 0 saturated carbocycles. The third kappa shape index (κ3) is 4.56. The maximum absolute atomic E-state index is 12.3. The standard InChI is InChI=1S/C17H17F2NO5/c1-10(21)12-7-13(20(2)8-12)16(22)24-9-11-4-5-14(25-17(18)19)15(6-11)23-3/h4-8,17H,9H2,1-3H3. The van der Waals surface area contributed by atoms with E-state index in [4.69, 9.17) is 9.47 Å². The van der Waals surface area contributed by atoms with Crippen LogP contribution in [0.25, 0.3) is 0 Å². The molecule has 0 bridgehead atoms. The lowest BCUT2D eigenvalue weighted by molar-refractivity contribution is -0.0512. The van der Waals surface area contributed by atoms with Gasteiger partial charge in [-0.05, 0) is 30.7 Å². The topological polar surface area (TPSA) is 66.8 Å². The lowest BCUT2D eigenvalue weighted by Gasteiger charge is -2.11. The van der Waals surface area contributed by atoms with Crippen LogP contribution in [0.5, 0.6) is 11.5 Å². The van der Waals surface area contributed by atoms with Gasteiger partial charge in [-0.3, -0.25) is 4.79 Å². The van der Waals surface area contributed by atoms with Gasteiger partial charge in [0.05, 0.1) is 7.11 Å². The minimum Gasteiger partial charge on any atom is -0.493 e. The largest absolute Gasteiger partial charge is 0.493 e. The number of aromatic nitrogens is 1. The van der Waals surface area contributed by atoms with Gasteiger partial charge in [-0.1, -0.05) is 6.07 Å². The van der Waals surface area contributed by atoms with Crippen LogP contribution in [-0.2, 0) is 18.4 Å². The molecule has 0 fully saturated rings. The molecule has 0 saturated heterocycles. The Kier molecular flexibility index (Phi) is 5.74. The van der Waals surface area contributed by atoms with Crippen LogP contribution in [-0.4, -0.2) is 30.0 Å². The first-order chi connectivity index (χ1) is 11.8. The highest BCUT2D eigenvalue weighted by Gasteiger charge is 2.16. The van der Waals surface area contributed by atoms with Gasteiger partial charge < -0.3 is 18.8 Å². The van der Waals surface area contributed by atoms with Gasteiger partial charge in [0.2, 0.25) is 0 Å². The second kappa shape index (κ2) is 7.78. The number of rotatable bonds is 7. The third-order valence-electron chi connectivity index (χ3n) is 3.43. The number of ketones is 1. The van der Waals surface area contributed by atoms with Gasteiger partial charge >= 0.3 is 12.6 Å². The van der Waals surface area contributed by atoms with Crippen molar-refractivity contribution in [3.8, 4) is 11.5 Å². The molecule has 1 aromatic carbocycles. The Morgan fingerprint density at radius 3 is 2.48 bits per heavy atom. The van der Waals surface area contributed by atoms with Gasteiger partial charge in [-0.15, -0.1) is 0 Å². The van der Waals surface area contributed by atoms with Crippen molar-refractivity contribution in [1.29, 1.82) is 0 Å². The molecule has 0 N–H and O–H groups in total. The molecule has 0 unspecified atom stereocenters. The normalized spacial score (nSPS) is 10.6. The molecule has 25 heavy (non-hydrogen) atoms. The van der Waals surface area contributed by atoms with Crippen LogP contribution < -0.4 is 9.47 Å². The van der Waals surface area contributed by atoms with Gasteiger partial charge in [-0.25, -0.2) is 4.79 Å². The zero-order valence-electron chi connectivity index (χ0n) is 13.9. The molecule has 2 aromatic rings. The van der Waals surface area contributed by atoms with Crippen molar-refractivity contribution < 1.29 is 32.6 Å². The van der Waals surface area contributed by atoms with Crippen LogP contribution in [0.15, 0.2) is 30.5 Å². The molecule has 0 aliphatic heterocycles. The van der Waals surface area contributed by atoms with Crippen LogP contribution in [0, 0.1) is 0 Å². The molecule has 1 aromatic heterocycles. The van der Waals surface area contributed by atoms with Gasteiger partial charge in [0.1, 0.15) is 12.3 Å². The lowest BCUT2D eigenvalue weighted by atomic mass is 10.2. The van der Waals surface area contributed by atoms with E-state index in [1.165, 1.54) is 42.9 Å². The van der Waals surface area contributed by atoms with E-state index in [0.29, 0.717) is 11.1 Å². The Balaban J connectivity index is 2.08. The van der Waals surface area contributed by atoms with Crippen LogP contribution in [0.1, 0.15) is 33.3 Å². The number of esters is 1. The van der Waals surface area contributed by atoms with Crippen molar-refractivity contribution in [2.24, 2.45) is 7.05 Å². The number of carbonyl (C=O) groups excluding carboxylic acids is 2. The summed E-state index contributed by atoms with van der Waals surface area (Å²) in [7, 11) is 2.94. The molecule has 0 aliphatic carbocycles. The van der Waals surface area contributed by atoms with Crippen LogP contribution in [0.3, 0.4) is 0 Å². The van der Waals surface area contributed by atoms with E-state index in [9.17, 15) is 18.4 Å². The number of carbonyl (C=O) groups is 2. The molecular formula is C17H17F2NO5. The quantitative estimate of drug-likeness (QED) is 0.565. The maximum Gasteiger partial charge on any atom is 0.387 e. The average molecular weight is 353 g/mol. The Morgan fingerprint density at radius 1 is 1.20 bits per heavy atom. The Bertz CT molecular complexity index is 785. The number of benzene rings is 1. The molecule has 1 heterocycles. The maximum atomic E-state index is 12.3. The first-order valence-corrected chi connectivity index (χ1v) is 7.28. The molecule has 8 heteroatoms. The summed E-state index contributed by atoms with van der Waals surface area (Å²) in [6.07, 6.45) is 1.54. The van der Waals surface area contributed by atoms with Crippen LogP contribution >= 0.6 is 0 Å².